The minimum absolute atomic E-state index is 0.0217. The van der Waals surface area contributed by atoms with Gasteiger partial charge in [-0.1, -0.05) is 48.5 Å². The molecule has 0 aromatic heterocycles. The molecule has 1 saturated heterocycles. The van der Waals surface area contributed by atoms with E-state index in [1.165, 1.54) is 16.0 Å². The summed E-state index contributed by atoms with van der Waals surface area (Å²) in [6.45, 7) is 0.702. The number of nitrogens with zero attached hydrogens (tertiary/aromatic N) is 1. The van der Waals surface area contributed by atoms with Gasteiger partial charge in [-0.3, -0.25) is 4.79 Å². The highest BCUT2D eigenvalue weighted by molar-refractivity contribution is 5.87. The molecule has 6 rings (SSSR count). The van der Waals surface area contributed by atoms with E-state index in [0.29, 0.717) is 19.4 Å². The van der Waals surface area contributed by atoms with Crippen LogP contribution in [-0.4, -0.2) is 53.2 Å². The summed E-state index contributed by atoms with van der Waals surface area (Å²) in [5, 5.41) is 12.6. The summed E-state index contributed by atoms with van der Waals surface area (Å²) in [6.07, 6.45) is 3.52. The van der Waals surface area contributed by atoms with Crippen molar-refractivity contribution in [2.24, 2.45) is 17.8 Å². The summed E-state index contributed by atoms with van der Waals surface area (Å²) >= 11 is 0. The zero-order valence-corrected chi connectivity index (χ0v) is 19.6. The van der Waals surface area contributed by atoms with E-state index in [9.17, 15) is 19.5 Å². The summed E-state index contributed by atoms with van der Waals surface area (Å²) in [6, 6.07) is 15.4. The van der Waals surface area contributed by atoms with Gasteiger partial charge in [0, 0.05) is 18.5 Å². The van der Waals surface area contributed by atoms with Crippen molar-refractivity contribution in [3.63, 3.8) is 0 Å². The molecule has 0 radical (unpaired) electrons. The van der Waals surface area contributed by atoms with Crippen LogP contribution in [0.2, 0.25) is 0 Å². The Labute approximate surface area is 204 Å². The summed E-state index contributed by atoms with van der Waals surface area (Å²) in [5.41, 5.74) is 4.66. The van der Waals surface area contributed by atoms with E-state index in [1.807, 2.05) is 24.3 Å². The molecule has 3 aliphatic carbocycles. The third-order valence-corrected chi connectivity index (χ3v) is 8.65. The van der Waals surface area contributed by atoms with Crippen LogP contribution in [0.5, 0.6) is 0 Å². The maximum atomic E-state index is 13.5. The lowest BCUT2D eigenvalue weighted by Gasteiger charge is -2.34. The Morgan fingerprint density at radius 1 is 0.943 bits per heavy atom. The first-order valence-electron chi connectivity index (χ1n) is 12.7. The van der Waals surface area contributed by atoms with Crippen LogP contribution in [0, 0.1) is 17.8 Å². The van der Waals surface area contributed by atoms with Crippen LogP contribution >= 0.6 is 0 Å². The van der Waals surface area contributed by atoms with Gasteiger partial charge >= 0.3 is 12.1 Å². The van der Waals surface area contributed by atoms with Crippen molar-refractivity contribution in [1.29, 1.82) is 0 Å². The quantitative estimate of drug-likeness (QED) is 0.683. The van der Waals surface area contributed by atoms with Crippen molar-refractivity contribution in [2.45, 2.75) is 50.1 Å². The molecule has 2 aromatic carbocycles. The monoisotopic (exact) mass is 474 g/mol. The van der Waals surface area contributed by atoms with Crippen LogP contribution in [0.3, 0.4) is 0 Å². The van der Waals surface area contributed by atoms with Gasteiger partial charge < -0.3 is 20.1 Å². The number of hydrogen-bond acceptors (Lipinski definition) is 4. The maximum absolute atomic E-state index is 13.5. The minimum atomic E-state index is -0.944. The van der Waals surface area contributed by atoms with Gasteiger partial charge in [0.25, 0.3) is 0 Å². The van der Waals surface area contributed by atoms with Gasteiger partial charge in [-0.25, -0.2) is 9.59 Å². The predicted molar refractivity (Wildman–Crippen MR) is 129 cm³/mol. The molecule has 2 N–H and O–H groups in total. The zero-order valence-electron chi connectivity index (χ0n) is 19.6. The highest BCUT2D eigenvalue weighted by Crippen LogP contribution is 2.50. The molecular formula is C28H30N2O5. The molecule has 4 aliphatic rings. The number of amides is 2. The van der Waals surface area contributed by atoms with Crippen LogP contribution in [0.1, 0.15) is 49.1 Å². The van der Waals surface area contributed by atoms with Crippen molar-refractivity contribution < 1.29 is 24.2 Å². The molecule has 2 bridgehead atoms. The predicted octanol–water partition coefficient (Wildman–Crippen LogP) is 4.02. The Hall–Kier alpha value is -3.35. The van der Waals surface area contributed by atoms with Crippen molar-refractivity contribution in [3.8, 4) is 11.1 Å². The number of carbonyl (C=O) groups excluding carboxylic acids is 2. The smallest absolute Gasteiger partial charge is 0.407 e. The number of likely N-dealkylation sites (tertiary alicyclic amines) is 1. The largest absolute Gasteiger partial charge is 0.480 e. The molecule has 35 heavy (non-hydrogen) atoms. The van der Waals surface area contributed by atoms with Crippen molar-refractivity contribution >= 4 is 18.0 Å². The summed E-state index contributed by atoms with van der Waals surface area (Å²) in [4.78, 5) is 39.6. The third-order valence-electron chi connectivity index (χ3n) is 8.65. The molecule has 0 spiro atoms. The Bertz CT molecular complexity index is 1130. The molecule has 1 heterocycles. The maximum Gasteiger partial charge on any atom is 0.407 e. The molecule has 1 aliphatic heterocycles. The second-order valence-corrected chi connectivity index (χ2v) is 10.4. The van der Waals surface area contributed by atoms with Gasteiger partial charge in [-0.05, 0) is 66.2 Å². The van der Waals surface area contributed by atoms with Gasteiger partial charge in [-0.15, -0.1) is 0 Å². The van der Waals surface area contributed by atoms with Crippen LogP contribution in [0.4, 0.5) is 4.79 Å². The first-order chi connectivity index (χ1) is 17.0. The molecule has 4 unspecified atom stereocenters. The van der Waals surface area contributed by atoms with Crippen molar-refractivity contribution in [2.75, 3.05) is 13.2 Å². The van der Waals surface area contributed by atoms with E-state index in [2.05, 4.69) is 29.6 Å². The highest BCUT2D eigenvalue weighted by Gasteiger charge is 2.54. The molecule has 7 heteroatoms. The number of nitrogens with one attached hydrogen (secondary N) is 1. The van der Waals surface area contributed by atoms with Gasteiger partial charge in [-0.2, -0.15) is 0 Å². The Kier molecular flexibility index (Phi) is 5.50. The first-order valence-corrected chi connectivity index (χ1v) is 12.7. The van der Waals surface area contributed by atoms with Crippen LogP contribution in [-0.2, 0) is 14.3 Å². The molecular weight excluding hydrogens is 444 g/mol. The SMILES string of the molecule is O=C(NC1C2CCC(C2)C1C(=O)N1CCC[C@H]1C(=O)O)OCC1c2ccccc2-c2ccccc21. The fourth-order valence-corrected chi connectivity index (χ4v) is 7.11. The standard InChI is InChI=1S/C28H30N2O5/c31-26(30-13-5-10-23(30)27(32)33)24-16-11-12-17(14-16)25(24)29-28(34)35-15-22-20-8-3-1-6-18(20)19-7-2-4-9-21(19)22/h1-4,6-9,16-17,22-25H,5,10-15H2,(H,29,34)(H,32,33)/t16?,17?,23-,24?,25?/m0/s1. The fourth-order valence-electron chi connectivity index (χ4n) is 7.11. The number of benzene rings is 2. The Morgan fingerprint density at radius 2 is 1.60 bits per heavy atom. The lowest BCUT2D eigenvalue weighted by Crippen LogP contribution is -2.53. The lowest BCUT2D eigenvalue weighted by molar-refractivity contribution is -0.151. The minimum Gasteiger partial charge on any atom is -0.480 e. The topological polar surface area (TPSA) is 95.9 Å². The van der Waals surface area contributed by atoms with E-state index < -0.39 is 18.1 Å². The number of carbonyl (C=O) groups is 3. The van der Waals surface area contributed by atoms with E-state index >= 15 is 0 Å². The fraction of sp³-hybridized carbons (Fsp3) is 0.464. The highest BCUT2D eigenvalue weighted by atomic mass is 16.5. The van der Waals surface area contributed by atoms with E-state index in [-0.39, 0.29) is 42.2 Å². The summed E-state index contributed by atoms with van der Waals surface area (Å²) in [5.74, 6) is -1.02. The molecule has 2 saturated carbocycles. The van der Waals surface area contributed by atoms with Crippen LogP contribution < -0.4 is 5.32 Å². The Morgan fingerprint density at radius 3 is 2.29 bits per heavy atom. The molecule has 3 fully saturated rings. The number of hydrogen-bond donors (Lipinski definition) is 2. The van der Waals surface area contributed by atoms with Gasteiger partial charge in [0.1, 0.15) is 12.6 Å². The van der Waals surface area contributed by atoms with Crippen molar-refractivity contribution in [3.05, 3.63) is 59.7 Å². The molecule has 182 valence electrons. The third kappa shape index (κ3) is 3.68. The van der Waals surface area contributed by atoms with Crippen LogP contribution in [0.25, 0.3) is 11.1 Å². The zero-order chi connectivity index (χ0) is 24.1. The number of rotatable bonds is 5. The number of alkyl carbamates (subject to hydrolysis) is 1. The van der Waals surface area contributed by atoms with Gasteiger partial charge in [0.2, 0.25) is 5.91 Å². The average molecular weight is 475 g/mol. The van der Waals surface area contributed by atoms with E-state index in [1.54, 1.807) is 0 Å². The number of fused-ring (bicyclic) bond motifs is 5. The van der Waals surface area contributed by atoms with Crippen molar-refractivity contribution in [1.82, 2.24) is 10.2 Å². The number of carboxylic acid groups (broad SMARTS) is 1. The second-order valence-electron chi connectivity index (χ2n) is 10.4. The van der Waals surface area contributed by atoms with E-state index in [0.717, 1.165) is 30.4 Å². The van der Waals surface area contributed by atoms with Gasteiger partial charge in [0.15, 0.2) is 0 Å². The average Bonchev–Trinajstić information content (AvgIpc) is 3.65. The number of carboxylic acids is 1. The summed E-state index contributed by atoms with van der Waals surface area (Å²) in [7, 11) is 0. The number of aliphatic carboxylic acids is 1. The molecule has 5 atom stereocenters. The Balaban J connectivity index is 1.15. The van der Waals surface area contributed by atoms with Gasteiger partial charge in [0.05, 0.1) is 5.92 Å². The second kappa shape index (κ2) is 8.70. The van der Waals surface area contributed by atoms with Crippen LogP contribution in [0.15, 0.2) is 48.5 Å². The lowest BCUT2D eigenvalue weighted by atomic mass is 9.83. The number of ether oxygens (including phenoxy) is 1. The first kappa shape index (κ1) is 22.1. The molecule has 7 nitrogen and oxygen atoms in total. The van der Waals surface area contributed by atoms with E-state index in [4.69, 9.17) is 4.74 Å². The molecule has 2 amide bonds. The summed E-state index contributed by atoms with van der Waals surface area (Å²) < 4.78 is 5.75. The molecule has 2 aromatic rings. The normalized spacial score (nSPS) is 28.6.